The second-order valence-electron chi connectivity index (χ2n) is 0.513. The first-order chi connectivity index (χ1) is 2.00. The van der Waals surface area contributed by atoms with Crippen LogP contribution in [-0.2, 0) is 4.57 Å². The Morgan fingerprint density at radius 3 is 1.33 bits per heavy atom. The molecule has 0 aromatic rings. The predicted molar refractivity (Wildman–Crippen MR) is 23.9 cm³/mol. The molecule has 0 saturated heterocycles. The molecule has 4 nitrogen and oxygen atoms in total. The molecule has 0 spiro atoms. The van der Waals surface area contributed by atoms with Gasteiger partial charge in [-0.3, -0.25) is 0 Å². The van der Waals surface area contributed by atoms with Crippen molar-refractivity contribution in [3.63, 3.8) is 0 Å². The molecule has 0 bridgehead atoms. The van der Waals surface area contributed by atoms with Gasteiger partial charge in [-0.1, -0.05) is 0 Å². The van der Waals surface area contributed by atoms with Crippen molar-refractivity contribution in [2.24, 2.45) is 0 Å². The molecule has 0 aromatic carbocycles. The van der Waals surface area contributed by atoms with Gasteiger partial charge in [-0.2, -0.15) is 0 Å². The molecular weight excluding hydrogens is 135 g/mol. The molecule has 0 aliphatic rings. The normalized spacial score (nSPS) is 9.83. The molecule has 0 atom stereocenters. The fourth-order valence-corrected chi connectivity index (χ4v) is 0. The second kappa shape index (κ2) is 3.38. The fraction of sp³-hybridized carbons (Fsp3) is 0. The van der Waals surface area contributed by atoms with Crippen LogP contribution in [-0.4, -0.2) is 52.4 Å². The summed E-state index contributed by atoms with van der Waals surface area (Å²) in [6.45, 7) is 0. The number of phosphoric acid groups is 1. The van der Waals surface area contributed by atoms with Gasteiger partial charge in [-0.15, -0.1) is 0 Å². The van der Waals surface area contributed by atoms with Crippen LogP contribution >= 0.6 is 7.82 Å². The maximum atomic E-state index is 8.88. The van der Waals surface area contributed by atoms with E-state index in [9.17, 15) is 0 Å². The Morgan fingerprint density at radius 2 is 1.33 bits per heavy atom. The molecule has 0 unspecified atom stereocenters. The monoisotopic (exact) mass is 141 g/mol. The Labute approximate surface area is 65.9 Å². The van der Waals surface area contributed by atoms with Gasteiger partial charge in [-0.05, 0) is 0 Å². The summed E-state index contributed by atoms with van der Waals surface area (Å²) in [5.41, 5.74) is 0. The van der Waals surface area contributed by atoms with Gasteiger partial charge in [0.1, 0.15) is 0 Å². The average molecular weight is 141 g/mol. The van der Waals surface area contributed by atoms with Crippen molar-refractivity contribution in [2.75, 3.05) is 0 Å². The van der Waals surface area contributed by atoms with Gasteiger partial charge in [0.25, 0.3) is 0 Å². The van der Waals surface area contributed by atoms with E-state index in [4.69, 9.17) is 19.2 Å². The molecule has 0 radical (unpaired) electrons. The second-order valence-corrected chi connectivity index (χ2v) is 1.54. The summed E-state index contributed by atoms with van der Waals surface area (Å²) in [7, 11) is -4.64. The van der Waals surface area contributed by atoms with Crippen LogP contribution in [0.5, 0.6) is 0 Å². The summed E-state index contributed by atoms with van der Waals surface area (Å²) < 4.78 is 8.88. The van der Waals surface area contributed by atoms with Crippen molar-refractivity contribution < 1.29 is 20.7 Å². The van der Waals surface area contributed by atoms with E-state index in [0.717, 1.165) is 0 Å². The molecule has 0 aromatic heterocycles. The first-order valence-corrected chi connectivity index (χ1v) is 2.35. The fourth-order valence-electron chi connectivity index (χ4n) is 0. The number of hydrogen-bond acceptors (Lipinski definition) is 1. The maximum absolute atomic E-state index is 8.88. The zero-order valence-electron chi connectivity index (χ0n) is 3.20. The molecule has 6 heteroatoms. The minimum Gasteiger partial charge on any atom is 1.00 e. The first kappa shape index (κ1) is 10.4. The van der Waals surface area contributed by atoms with E-state index in [1.54, 1.807) is 0 Å². The topological polar surface area (TPSA) is 77.8 Å². The molecule has 0 heterocycles. The van der Waals surface area contributed by atoms with Crippen molar-refractivity contribution in [3.05, 3.63) is 0 Å². The zero-order chi connectivity index (χ0) is 4.50. The molecule has 6 heavy (non-hydrogen) atoms. The Hall–Kier alpha value is 1.37. The summed E-state index contributed by atoms with van der Waals surface area (Å²) in [6.07, 6.45) is 0. The SMILES string of the molecule is O=P(O)(O)O.[CaH2].[H+]. The van der Waals surface area contributed by atoms with E-state index >= 15 is 0 Å². The van der Waals surface area contributed by atoms with E-state index in [0.29, 0.717) is 0 Å². The van der Waals surface area contributed by atoms with Gasteiger partial charge in [0.15, 0.2) is 0 Å². The third kappa shape index (κ3) is 54.6. The molecule has 0 aliphatic heterocycles. The summed E-state index contributed by atoms with van der Waals surface area (Å²) in [5.74, 6) is 0. The summed E-state index contributed by atoms with van der Waals surface area (Å²) >= 11 is 0. The van der Waals surface area contributed by atoms with Crippen molar-refractivity contribution in [2.45, 2.75) is 0 Å². The maximum Gasteiger partial charge on any atom is 1.00 e. The molecule has 3 N–H and O–H groups in total. The van der Waals surface area contributed by atoms with Crippen LogP contribution in [0.4, 0.5) is 0 Å². The van der Waals surface area contributed by atoms with Gasteiger partial charge in [0, 0.05) is 0 Å². The largest absolute Gasteiger partial charge is 1.00 e. The smallest absolute Gasteiger partial charge is 1.00 e. The minimum absolute atomic E-state index is 0. The van der Waals surface area contributed by atoms with E-state index in [-0.39, 0.29) is 39.2 Å². The standard InChI is InChI=1S/Ca.H3O4P.2H/c;1-5(2,3)4;;/h;(H3,1,2,3,4);;/p+1. The van der Waals surface area contributed by atoms with Crippen LogP contribution in [0, 0.1) is 0 Å². The van der Waals surface area contributed by atoms with Gasteiger partial charge < -0.3 is 14.7 Å². The summed E-state index contributed by atoms with van der Waals surface area (Å²) in [4.78, 5) is 21.6. The first-order valence-electron chi connectivity index (χ1n) is 0.783. The molecule has 0 amide bonds. The summed E-state index contributed by atoms with van der Waals surface area (Å²) in [5, 5.41) is 0. The van der Waals surface area contributed by atoms with Crippen LogP contribution in [0.2, 0.25) is 0 Å². The zero-order valence-corrected chi connectivity index (χ0v) is 3.09. The molecular formula is H6CaO4P+. The van der Waals surface area contributed by atoms with Gasteiger partial charge in [0.05, 0.1) is 0 Å². The van der Waals surface area contributed by atoms with Crippen LogP contribution in [0.3, 0.4) is 0 Å². The van der Waals surface area contributed by atoms with Crippen LogP contribution in [0.15, 0.2) is 0 Å². The van der Waals surface area contributed by atoms with Crippen molar-refractivity contribution >= 4 is 45.6 Å². The molecule has 0 aliphatic carbocycles. The van der Waals surface area contributed by atoms with E-state index < -0.39 is 7.82 Å². The summed E-state index contributed by atoms with van der Waals surface area (Å²) in [6, 6.07) is 0. The quantitative estimate of drug-likeness (QED) is 0.276. The van der Waals surface area contributed by atoms with Gasteiger partial charge in [0.2, 0.25) is 0 Å². The van der Waals surface area contributed by atoms with E-state index in [1.807, 2.05) is 0 Å². The third-order valence-corrected chi connectivity index (χ3v) is 0. The van der Waals surface area contributed by atoms with Gasteiger partial charge >= 0.3 is 47.0 Å². The van der Waals surface area contributed by atoms with E-state index in [2.05, 4.69) is 0 Å². The molecule has 0 rings (SSSR count). The Kier molecular flexibility index (Phi) is 5.84. The third-order valence-electron chi connectivity index (χ3n) is 0. The Balaban J connectivity index is -0.0000000800. The van der Waals surface area contributed by atoms with Crippen LogP contribution in [0.25, 0.3) is 0 Å². The van der Waals surface area contributed by atoms with Crippen molar-refractivity contribution in [3.8, 4) is 0 Å². The Bertz CT molecular complexity index is 57.8. The molecule has 0 saturated carbocycles. The van der Waals surface area contributed by atoms with Crippen molar-refractivity contribution in [1.82, 2.24) is 0 Å². The molecule has 36 valence electrons. The van der Waals surface area contributed by atoms with Gasteiger partial charge in [-0.25, -0.2) is 4.57 Å². The number of rotatable bonds is 0. The number of hydrogen-bond donors (Lipinski definition) is 3. The molecule has 0 fully saturated rings. The van der Waals surface area contributed by atoms with E-state index in [1.165, 1.54) is 0 Å². The van der Waals surface area contributed by atoms with Crippen LogP contribution < -0.4 is 0 Å². The van der Waals surface area contributed by atoms with Crippen LogP contribution in [0.1, 0.15) is 1.43 Å². The average Bonchev–Trinajstić information content (AvgIpc) is 0.722. The Morgan fingerprint density at radius 1 is 1.33 bits per heavy atom. The predicted octanol–water partition coefficient (Wildman–Crippen LogP) is -1.73. The van der Waals surface area contributed by atoms with Crippen molar-refractivity contribution in [1.29, 1.82) is 0 Å². The minimum atomic E-state index is -4.64.